The predicted molar refractivity (Wildman–Crippen MR) is 147 cm³/mol. The molecule has 1 fully saturated rings. The average Bonchev–Trinajstić information content (AvgIpc) is 3.56. The molecule has 1 saturated carbocycles. The molecule has 0 aliphatic heterocycles. The van der Waals surface area contributed by atoms with Crippen molar-refractivity contribution in [3.8, 4) is 0 Å². The molecule has 7 nitrogen and oxygen atoms in total. The van der Waals surface area contributed by atoms with Crippen LogP contribution in [0.25, 0.3) is 10.9 Å². The average molecular weight is 499 g/mol. The van der Waals surface area contributed by atoms with E-state index in [0.29, 0.717) is 12.6 Å². The Balaban J connectivity index is 1.50. The van der Waals surface area contributed by atoms with E-state index >= 15 is 0 Å². The fraction of sp³-hybridized carbons (Fsp3) is 0.467. The lowest BCUT2D eigenvalue weighted by molar-refractivity contribution is 0.0840. The summed E-state index contributed by atoms with van der Waals surface area (Å²) in [4.78, 5) is 19.0. The minimum absolute atomic E-state index is 0.00771. The number of H-pyrrole nitrogens is 1. The second-order valence-corrected chi connectivity index (χ2v) is 11.0. The van der Waals surface area contributed by atoms with E-state index in [1.807, 2.05) is 10.7 Å². The molecular weight excluding hydrogens is 460 g/mol. The van der Waals surface area contributed by atoms with Gasteiger partial charge in [-0.05, 0) is 78.3 Å². The molecule has 1 atom stereocenters. The number of aryl methyl sites for hydroxylation is 4. The van der Waals surface area contributed by atoms with Gasteiger partial charge in [-0.25, -0.2) is 4.68 Å². The first kappa shape index (κ1) is 25.3. The molecular formula is C30H38N6O. The first-order chi connectivity index (χ1) is 17.9. The summed E-state index contributed by atoms with van der Waals surface area (Å²) in [5.41, 5.74) is 5.32. The Labute approximate surface area is 218 Å². The zero-order valence-electron chi connectivity index (χ0n) is 22.4. The molecule has 4 aromatic rings. The molecule has 0 spiro atoms. The number of pyridine rings is 1. The molecule has 5 rings (SSSR count). The van der Waals surface area contributed by atoms with Gasteiger partial charge < -0.3 is 4.98 Å². The first-order valence-corrected chi connectivity index (χ1v) is 13.6. The number of hydrogen-bond acceptors (Lipinski definition) is 5. The van der Waals surface area contributed by atoms with Crippen LogP contribution in [-0.4, -0.2) is 36.1 Å². The molecule has 7 heteroatoms. The van der Waals surface area contributed by atoms with Crippen LogP contribution in [0.3, 0.4) is 0 Å². The molecule has 1 aliphatic carbocycles. The molecule has 0 saturated heterocycles. The molecule has 0 unspecified atom stereocenters. The van der Waals surface area contributed by atoms with E-state index in [4.69, 9.17) is 0 Å². The maximum atomic E-state index is 13.3. The van der Waals surface area contributed by atoms with Gasteiger partial charge in [-0.1, -0.05) is 63.1 Å². The van der Waals surface area contributed by atoms with Crippen LogP contribution >= 0.6 is 0 Å². The highest BCUT2D eigenvalue weighted by molar-refractivity contribution is 5.83. The van der Waals surface area contributed by atoms with Crippen molar-refractivity contribution in [3.05, 3.63) is 87.0 Å². The number of benzene rings is 2. The summed E-state index contributed by atoms with van der Waals surface area (Å²) >= 11 is 0. The van der Waals surface area contributed by atoms with Crippen LogP contribution in [-0.2, 0) is 19.5 Å². The molecule has 2 aromatic heterocycles. The van der Waals surface area contributed by atoms with Crippen molar-refractivity contribution in [3.63, 3.8) is 0 Å². The van der Waals surface area contributed by atoms with Gasteiger partial charge in [0.2, 0.25) is 0 Å². The van der Waals surface area contributed by atoms with Crippen LogP contribution in [0.1, 0.15) is 73.7 Å². The summed E-state index contributed by atoms with van der Waals surface area (Å²) in [7, 11) is 0. The van der Waals surface area contributed by atoms with Gasteiger partial charge in [0.15, 0.2) is 5.82 Å². The number of tetrazole rings is 1. The lowest BCUT2D eigenvalue weighted by atomic mass is 9.97. The largest absolute Gasteiger partial charge is 0.322 e. The molecule has 1 aliphatic rings. The molecule has 1 N–H and O–H groups in total. The number of nitrogens with one attached hydrogen (secondary N) is 1. The normalized spacial score (nSPS) is 15.3. The highest BCUT2D eigenvalue weighted by atomic mass is 16.1. The van der Waals surface area contributed by atoms with Crippen molar-refractivity contribution >= 4 is 10.9 Å². The van der Waals surface area contributed by atoms with Crippen molar-refractivity contribution in [2.24, 2.45) is 5.92 Å². The zero-order chi connectivity index (χ0) is 25.9. The van der Waals surface area contributed by atoms with Gasteiger partial charge in [-0.2, -0.15) is 0 Å². The molecule has 2 aromatic carbocycles. The van der Waals surface area contributed by atoms with Crippen LogP contribution < -0.4 is 5.56 Å². The summed E-state index contributed by atoms with van der Waals surface area (Å²) < 4.78 is 1.97. The fourth-order valence-corrected chi connectivity index (χ4v) is 6.01. The molecule has 0 radical (unpaired) electrons. The predicted octanol–water partition coefficient (Wildman–Crippen LogP) is 5.52. The first-order valence-electron chi connectivity index (χ1n) is 13.6. The summed E-state index contributed by atoms with van der Waals surface area (Å²) in [6.45, 7) is 9.96. The number of hydrogen-bond donors (Lipinski definition) is 1. The maximum absolute atomic E-state index is 13.3. The van der Waals surface area contributed by atoms with Crippen molar-refractivity contribution < 1.29 is 0 Å². The fourth-order valence-electron chi connectivity index (χ4n) is 6.01. The van der Waals surface area contributed by atoms with Crippen molar-refractivity contribution in [2.45, 2.75) is 85.0 Å². The molecule has 2 heterocycles. The number of aromatic amines is 1. The third-order valence-electron chi connectivity index (χ3n) is 7.80. The zero-order valence-corrected chi connectivity index (χ0v) is 22.4. The summed E-state index contributed by atoms with van der Waals surface area (Å²) in [6, 6.07) is 17.2. The van der Waals surface area contributed by atoms with E-state index in [2.05, 4.69) is 95.6 Å². The topological polar surface area (TPSA) is 79.7 Å². The molecule has 0 amide bonds. The lowest BCUT2D eigenvalue weighted by Crippen LogP contribution is -2.41. The lowest BCUT2D eigenvalue weighted by Gasteiger charge is -2.38. The maximum Gasteiger partial charge on any atom is 0.252 e. The van der Waals surface area contributed by atoms with Crippen molar-refractivity contribution in [2.75, 3.05) is 0 Å². The quantitative estimate of drug-likeness (QED) is 0.329. The van der Waals surface area contributed by atoms with Crippen LogP contribution in [0.4, 0.5) is 0 Å². The van der Waals surface area contributed by atoms with E-state index in [1.54, 1.807) is 0 Å². The minimum Gasteiger partial charge on any atom is -0.322 e. The van der Waals surface area contributed by atoms with E-state index in [0.717, 1.165) is 53.7 Å². The third-order valence-corrected chi connectivity index (χ3v) is 7.80. The van der Waals surface area contributed by atoms with Gasteiger partial charge in [0, 0.05) is 35.6 Å². The second-order valence-electron chi connectivity index (χ2n) is 11.0. The van der Waals surface area contributed by atoms with Crippen LogP contribution in [0.2, 0.25) is 0 Å². The second kappa shape index (κ2) is 11.0. The Hall–Kier alpha value is -3.32. The van der Waals surface area contributed by atoms with Crippen molar-refractivity contribution in [1.82, 2.24) is 30.1 Å². The van der Waals surface area contributed by atoms with Gasteiger partial charge in [0.25, 0.3) is 5.56 Å². The van der Waals surface area contributed by atoms with Gasteiger partial charge >= 0.3 is 0 Å². The Morgan fingerprint density at radius 3 is 2.57 bits per heavy atom. The molecule has 194 valence electrons. The monoisotopic (exact) mass is 498 g/mol. The number of rotatable bonds is 9. The standard InChI is InChI=1S/C30H38N6O/c1-20(2)28(29-32-33-34-36(29)15-14-23-10-6-5-7-11-23)35(25-12-8-9-13-25)19-24-18-26-22(4)16-21(3)17-27(26)31-30(24)37/h5-7,10-11,16-18,20,25,28H,8-9,12-15,19H2,1-4H3,(H,31,37)/t28-/m1/s1. The third kappa shape index (κ3) is 5.52. The minimum atomic E-state index is -0.00771. The van der Waals surface area contributed by atoms with Gasteiger partial charge in [-0.15, -0.1) is 5.10 Å². The van der Waals surface area contributed by atoms with Gasteiger partial charge in [0.05, 0.1) is 6.04 Å². The highest BCUT2D eigenvalue weighted by Gasteiger charge is 2.35. The Morgan fingerprint density at radius 2 is 1.84 bits per heavy atom. The Kier molecular flexibility index (Phi) is 7.51. The Bertz CT molecular complexity index is 1400. The molecule has 37 heavy (non-hydrogen) atoms. The number of fused-ring (bicyclic) bond motifs is 1. The smallest absolute Gasteiger partial charge is 0.252 e. The van der Waals surface area contributed by atoms with E-state index in [1.165, 1.54) is 24.0 Å². The number of nitrogens with zero attached hydrogens (tertiary/aromatic N) is 5. The van der Waals surface area contributed by atoms with Crippen LogP contribution in [0.15, 0.2) is 53.3 Å². The summed E-state index contributed by atoms with van der Waals surface area (Å²) in [5.74, 6) is 1.17. The van der Waals surface area contributed by atoms with Crippen LogP contribution in [0, 0.1) is 19.8 Å². The van der Waals surface area contributed by atoms with Crippen molar-refractivity contribution in [1.29, 1.82) is 0 Å². The van der Waals surface area contributed by atoms with Gasteiger partial charge in [0.1, 0.15) is 0 Å². The van der Waals surface area contributed by atoms with E-state index in [9.17, 15) is 4.79 Å². The SMILES string of the molecule is Cc1cc(C)c2cc(CN(C3CCCC3)[C@@H](c3nnnn3CCc3ccccc3)C(C)C)c(=O)[nH]c2c1. The highest BCUT2D eigenvalue weighted by Crippen LogP contribution is 2.36. The number of aromatic nitrogens is 5. The van der Waals surface area contributed by atoms with E-state index in [-0.39, 0.29) is 17.5 Å². The van der Waals surface area contributed by atoms with Crippen LogP contribution in [0.5, 0.6) is 0 Å². The summed E-state index contributed by atoms with van der Waals surface area (Å²) in [5, 5.41) is 14.2. The Morgan fingerprint density at radius 1 is 1.08 bits per heavy atom. The van der Waals surface area contributed by atoms with E-state index < -0.39 is 0 Å². The van der Waals surface area contributed by atoms with Gasteiger partial charge in [-0.3, -0.25) is 9.69 Å². The summed E-state index contributed by atoms with van der Waals surface area (Å²) in [6.07, 6.45) is 5.59. The molecule has 0 bridgehead atoms.